The highest BCUT2D eigenvalue weighted by atomic mass is 16.1. The second kappa shape index (κ2) is 4.17. The molecule has 0 saturated carbocycles. The number of carbonyl (C=O) groups excluding carboxylic acids is 2. The zero-order valence-electron chi connectivity index (χ0n) is 6.39. The second-order valence-electron chi connectivity index (χ2n) is 2.48. The number of rotatable bonds is 4. The number of hydrogen-bond acceptors (Lipinski definition) is 3. The second-order valence-corrected chi connectivity index (χ2v) is 2.48. The molecule has 0 aliphatic rings. The highest BCUT2D eigenvalue weighted by Gasteiger charge is 2.12. The summed E-state index contributed by atoms with van der Waals surface area (Å²) in [6.07, 6.45) is 0.316. The highest BCUT2D eigenvalue weighted by Crippen LogP contribution is 2.02. The van der Waals surface area contributed by atoms with E-state index in [1.807, 2.05) is 0 Å². The molecule has 0 radical (unpaired) electrons. The van der Waals surface area contributed by atoms with Gasteiger partial charge in [0.05, 0.1) is 6.54 Å². The van der Waals surface area contributed by atoms with E-state index in [0.29, 0.717) is 6.42 Å². The molecule has 3 heteroatoms. The van der Waals surface area contributed by atoms with Crippen LogP contribution in [0.15, 0.2) is 0 Å². The van der Waals surface area contributed by atoms with Crippen LogP contribution in [0.25, 0.3) is 0 Å². The van der Waals surface area contributed by atoms with Gasteiger partial charge in [-0.05, 0) is 6.92 Å². The van der Waals surface area contributed by atoms with E-state index in [4.69, 9.17) is 5.73 Å². The summed E-state index contributed by atoms with van der Waals surface area (Å²) in [5.41, 5.74) is 5.09. The maximum absolute atomic E-state index is 10.8. The van der Waals surface area contributed by atoms with Crippen LogP contribution in [0.3, 0.4) is 0 Å². The minimum absolute atomic E-state index is 0.0362. The quantitative estimate of drug-likeness (QED) is 0.608. The lowest BCUT2D eigenvalue weighted by Crippen LogP contribution is -2.22. The summed E-state index contributed by atoms with van der Waals surface area (Å²) in [7, 11) is 0. The average Bonchev–Trinajstić information content (AvgIpc) is 1.85. The summed E-state index contributed by atoms with van der Waals surface area (Å²) in [4.78, 5) is 21.3. The lowest BCUT2D eigenvalue weighted by atomic mass is 10.0. The molecule has 0 aliphatic heterocycles. The van der Waals surface area contributed by atoms with Crippen LogP contribution in [0.4, 0.5) is 0 Å². The van der Waals surface area contributed by atoms with Gasteiger partial charge in [0.2, 0.25) is 0 Å². The van der Waals surface area contributed by atoms with Crippen LogP contribution in [-0.2, 0) is 9.59 Å². The molecule has 0 fully saturated rings. The number of Topliss-reactive ketones (excluding diaryl/α,β-unsaturated/α-hetero) is 2. The van der Waals surface area contributed by atoms with Crippen molar-refractivity contribution in [2.75, 3.05) is 6.54 Å². The van der Waals surface area contributed by atoms with Gasteiger partial charge in [-0.25, -0.2) is 0 Å². The predicted octanol–water partition coefficient (Wildman–Crippen LogP) is 0.129. The lowest BCUT2D eigenvalue weighted by Gasteiger charge is -2.04. The van der Waals surface area contributed by atoms with Gasteiger partial charge in [-0.15, -0.1) is 0 Å². The Morgan fingerprint density at radius 2 is 2.00 bits per heavy atom. The number of ketones is 2. The number of nitrogens with two attached hydrogens (primary N) is 1. The monoisotopic (exact) mass is 143 g/mol. The molecule has 58 valence electrons. The molecule has 0 aromatic carbocycles. The summed E-state index contributed by atoms with van der Waals surface area (Å²) >= 11 is 0. The minimum Gasteiger partial charge on any atom is -0.324 e. The number of hydrogen-bond donors (Lipinski definition) is 1. The fraction of sp³-hybridized carbons (Fsp3) is 0.714. The highest BCUT2D eigenvalue weighted by molar-refractivity contribution is 5.87. The normalized spacial score (nSPS) is 12.7. The van der Waals surface area contributed by atoms with Crippen molar-refractivity contribution in [3.63, 3.8) is 0 Å². The Labute approximate surface area is 60.6 Å². The smallest absolute Gasteiger partial charge is 0.149 e. The summed E-state index contributed by atoms with van der Waals surface area (Å²) in [5, 5.41) is 0. The largest absolute Gasteiger partial charge is 0.324 e. The molecule has 0 spiro atoms. The van der Waals surface area contributed by atoms with E-state index in [2.05, 4.69) is 0 Å². The van der Waals surface area contributed by atoms with Gasteiger partial charge in [0, 0.05) is 12.3 Å². The van der Waals surface area contributed by atoms with E-state index in [1.165, 1.54) is 6.92 Å². The molecule has 0 aliphatic carbocycles. The first-order valence-corrected chi connectivity index (χ1v) is 3.30. The van der Waals surface area contributed by atoms with Crippen molar-refractivity contribution in [1.82, 2.24) is 0 Å². The summed E-state index contributed by atoms with van der Waals surface area (Å²) in [5.74, 6) is -0.216. The Morgan fingerprint density at radius 3 is 2.30 bits per heavy atom. The van der Waals surface area contributed by atoms with Gasteiger partial charge in [-0.1, -0.05) is 6.92 Å². The van der Waals surface area contributed by atoms with Crippen LogP contribution < -0.4 is 5.73 Å². The molecule has 1 unspecified atom stereocenters. The van der Waals surface area contributed by atoms with Crippen LogP contribution in [0.2, 0.25) is 0 Å². The lowest BCUT2D eigenvalue weighted by molar-refractivity contribution is -0.125. The third-order valence-electron chi connectivity index (χ3n) is 1.34. The van der Waals surface area contributed by atoms with Crippen molar-refractivity contribution in [3.05, 3.63) is 0 Å². The van der Waals surface area contributed by atoms with Gasteiger partial charge in [0.15, 0.2) is 0 Å². The summed E-state index contributed by atoms with van der Waals surface area (Å²) in [6.45, 7) is 3.23. The molecule has 10 heavy (non-hydrogen) atoms. The Hall–Kier alpha value is -0.700. The van der Waals surface area contributed by atoms with Crippen LogP contribution in [0.5, 0.6) is 0 Å². The molecule has 0 rings (SSSR count). The third kappa shape index (κ3) is 3.35. The topological polar surface area (TPSA) is 60.2 Å². The summed E-state index contributed by atoms with van der Waals surface area (Å²) < 4.78 is 0. The molecule has 0 amide bonds. The van der Waals surface area contributed by atoms with E-state index in [0.717, 1.165) is 0 Å². The van der Waals surface area contributed by atoms with Gasteiger partial charge >= 0.3 is 0 Å². The molecular formula is C7H13NO2. The van der Waals surface area contributed by atoms with Gasteiger partial charge in [0.1, 0.15) is 11.6 Å². The van der Waals surface area contributed by atoms with Crippen molar-refractivity contribution in [3.8, 4) is 0 Å². The average molecular weight is 143 g/mol. The Morgan fingerprint density at radius 1 is 1.50 bits per heavy atom. The SMILES string of the molecule is CC(=O)CC(C)C(=O)CN. The molecule has 0 aromatic heterocycles. The van der Waals surface area contributed by atoms with E-state index in [9.17, 15) is 9.59 Å². The van der Waals surface area contributed by atoms with Crippen molar-refractivity contribution in [2.45, 2.75) is 20.3 Å². The molecule has 0 heterocycles. The van der Waals surface area contributed by atoms with Crippen molar-refractivity contribution in [1.29, 1.82) is 0 Å². The van der Waals surface area contributed by atoms with Crippen LogP contribution in [0.1, 0.15) is 20.3 Å². The molecular weight excluding hydrogens is 130 g/mol. The first kappa shape index (κ1) is 9.30. The van der Waals surface area contributed by atoms with Gasteiger partial charge in [-0.2, -0.15) is 0 Å². The molecule has 1 atom stereocenters. The zero-order chi connectivity index (χ0) is 8.15. The van der Waals surface area contributed by atoms with Crippen LogP contribution in [-0.4, -0.2) is 18.1 Å². The summed E-state index contributed by atoms with van der Waals surface area (Å²) in [6, 6.07) is 0. The minimum atomic E-state index is -0.206. The standard InChI is InChI=1S/C7H13NO2/c1-5(3-6(2)9)7(10)4-8/h5H,3-4,8H2,1-2H3. The van der Waals surface area contributed by atoms with E-state index in [1.54, 1.807) is 6.92 Å². The van der Waals surface area contributed by atoms with E-state index in [-0.39, 0.29) is 24.0 Å². The molecule has 0 aromatic rings. The first-order chi connectivity index (χ1) is 4.57. The van der Waals surface area contributed by atoms with Crippen molar-refractivity contribution >= 4 is 11.6 Å². The third-order valence-corrected chi connectivity index (χ3v) is 1.34. The molecule has 2 N–H and O–H groups in total. The Kier molecular flexibility index (Phi) is 3.88. The van der Waals surface area contributed by atoms with Crippen molar-refractivity contribution in [2.24, 2.45) is 11.7 Å². The molecule has 3 nitrogen and oxygen atoms in total. The van der Waals surface area contributed by atoms with Gasteiger partial charge < -0.3 is 10.5 Å². The molecule has 0 bridgehead atoms. The zero-order valence-corrected chi connectivity index (χ0v) is 6.39. The maximum atomic E-state index is 10.8. The number of carbonyl (C=O) groups is 2. The van der Waals surface area contributed by atoms with Gasteiger partial charge in [-0.3, -0.25) is 4.79 Å². The van der Waals surface area contributed by atoms with Crippen molar-refractivity contribution < 1.29 is 9.59 Å². The predicted molar refractivity (Wildman–Crippen MR) is 38.5 cm³/mol. The van der Waals surface area contributed by atoms with Crippen LogP contribution in [0, 0.1) is 5.92 Å². The molecule has 0 saturated heterocycles. The maximum Gasteiger partial charge on any atom is 0.149 e. The Bertz CT molecular complexity index is 143. The fourth-order valence-corrected chi connectivity index (χ4v) is 0.746. The fourth-order valence-electron chi connectivity index (χ4n) is 0.746. The van der Waals surface area contributed by atoms with Crippen LogP contribution >= 0.6 is 0 Å². The first-order valence-electron chi connectivity index (χ1n) is 3.30. The van der Waals surface area contributed by atoms with E-state index < -0.39 is 0 Å². The van der Waals surface area contributed by atoms with Gasteiger partial charge in [0.25, 0.3) is 0 Å². The Balaban J connectivity index is 3.72. The van der Waals surface area contributed by atoms with E-state index >= 15 is 0 Å².